The van der Waals surface area contributed by atoms with Crippen molar-refractivity contribution in [3.05, 3.63) is 69.9 Å². The molecular weight excluding hydrogens is 549 g/mol. The van der Waals surface area contributed by atoms with Crippen LogP contribution in [-0.4, -0.2) is 61.3 Å². The van der Waals surface area contributed by atoms with Gasteiger partial charge in [-0.15, -0.1) is 0 Å². The summed E-state index contributed by atoms with van der Waals surface area (Å²) in [7, 11) is 0. The number of thiazole rings is 1. The van der Waals surface area contributed by atoms with Crippen LogP contribution in [0.4, 0.5) is 4.39 Å². The first-order valence-corrected chi connectivity index (χ1v) is 14.1. The largest absolute Gasteiger partial charge is 0.476 e. The second-order valence-corrected chi connectivity index (χ2v) is 11.4. The zero-order valence-corrected chi connectivity index (χ0v) is 22.9. The van der Waals surface area contributed by atoms with E-state index in [-0.39, 0.29) is 23.3 Å². The molecule has 0 unspecified atom stereocenters. The fraction of sp³-hybridized carbons (Fsp3) is 0.393. The number of nitrogens with zero attached hydrogens (tertiary/aromatic N) is 6. The zero-order chi connectivity index (χ0) is 28.6. The molecule has 1 aromatic carbocycles. The summed E-state index contributed by atoms with van der Waals surface area (Å²) in [6.45, 7) is 3.35. The number of carboxylic acids is 1. The molecule has 41 heavy (non-hydrogen) atoms. The third kappa shape index (κ3) is 5.64. The number of aromatic carboxylic acids is 1. The van der Waals surface area contributed by atoms with Gasteiger partial charge in [0.05, 0.1) is 42.1 Å². The monoisotopic (exact) mass is 577 g/mol. The molecular formula is C28H28FN7O4S. The van der Waals surface area contributed by atoms with Gasteiger partial charge in [-0.1, -0.05) is 23.5 Å². The number of likely N-dealkylation sites (tertiary alicyclic amines) is 1. The van der Waals surface area contributed by atoms with E-state index in [4.69, 9.17) is 20.5 Å². The summed E-state index contributed by atoms with van der Waals surface area (Å²) in [6.07, 6.45) is 2.38. The summed E-state index contributed by atoms with van der Waals surface area (Å²) < 4.78 is 27.7. The topological polar surface area (TPSA) is 152 Å². The minimum atomic E-state index is -1.05. The predicted molar refractivity (Wildman–Crippen MR) is 147 cm³/mol. The van der Waals surface area contributed by atoms with E-state index in [1.807, 2.05) is 22.8 Å². The first kappa shape index (κ1) is 27.2. The van der Waals surface area contributed by atoms with E-state index in [9.17, 15) is 14.3 Å². The van der Waals surface area contributed by atoms with Gasteiger partial charge in [-0.05, 0) is 37.5 Å². The molecule has 6 rings (SSSR count). The Kier molecular flexibility index (Phi) is 7.39. The smallest absolute Gasteiger partial charge is 0.365 e. The number of imidazole rings is 1. The molecule has 3 N–H and O–H groups in total. The fourth-order valence-electron chi connectivity index (χ4n) is 5.11. The molecule has 0 radical (unpaired) electrons. The number of halogens is 1. The van der Waals surface area contributed by atoms with Gasteiger partial charge in [-0.3, -0.25) is 4.90 Å². The maximum absolute atomic E-state index is 14.2. The molecule has 2 saturated heterocycles. The lowest BCUT2D eigenvalue weighted by atomic mass is 9.85. The number of piperidine rings is 1. The number of pyridine rings is 1. The van der Waals surface area contributed by atoms with Gasteiger partial charge in [-0.25, -0.2) is 24.1 Å². The van der Waals surface area contributed by atoms with Crippen molar-refractivity contribution < 1.29 is 23.8 Å². The quantitative estimate of drug-likeness (QED) is 0.303. The first-order chi connectivity index (χ1) is 19.8. The lowest BCUT2D eigenvalue weighted by molar-refractivity contribution is -0.0591. The van der Waals surface area contributed by atoms with Gasteiger partial charge < -0.3 is 24.9 Å². The van der Waals surface area contributed by atoms with Crippen molar-refractivity contribution in [3.63, 3.8) is 0 Å². The maximum atomic E-state index is 14.2. The van der Waals surface area contributed by atoms with Crippen LogP contribution in [0.25, 0.3) is 10.5 Å². The van der Waals surface area contributed by atoms with Crippen molar-refractivity contribution >= 4 is 27.8 Å². The number of hydrogen-bond acceptors (Lipinski definition) is 10. The van der Waals surface area contributed by atoms with Crippen LogP contribution in [0, 0.1) is 17.1 Å². The summed E-state index contributed by atoms with van der Waals surface area (Å²) >= 11 is 1.14. The van der Waals surface area contributed by atoms with E-state index in [2.05, 4.69) is 19.9 Å². The van der Waals surface area contributed by atoms with Crippen LogP contribution in [0.5, 0.6) is 5.88 Å². The van der Waals surface area contributed by atoms with Gasteiger partial charge in [0.25, 0.3) is 0 Å². The highest BCUT2D eigenvalue weighted by molar-refractivity contribution is 7.19. The number of benzene rings is 1. The van der Waals surface area contributed by atoms with Crippen molar-refractivity contribution in [1.29, 1.82) is 5.26 Å². The van der Waals surface area contributed by atoms with Crippen molar-refractivity contribution in [2.24, 2.45) is 5.73 Å². The molecule has 3 aromatic heterocycles. The molecule has 5 heterocycles. The summed E-state index contributed by atoms with van der Waals surface area (Å²) in [5.74, 6) is -0.367. The molecule has 2 fully saturated rings. The number of carbonyl (C=O) groups is 1. The number of ether oxygens (including phenoxy) is 2. The van der Waals surface area contributed by atoms with Crippen molar-refractivity contribution in [1.82, 2.24) is 24.4 Å². The number of nitriles is 1. The number of rotatable bonds is 9. The molecule has 1 atom stereocenters. The van der Waals surface area contributed by atoms with Crippen LogP contribution < -0.4 is 10.5 Å². The van der Waals surface area contributed by atoms with E-state index in [0.717, 1.165) is 35.0 Å². The third-order valence-corrected chi connectivity index (χ3v) is 8.71. The zero-order valence-electron chi connectivity index (χ0n) is 22.1. The molecule has 0 amide bonds. The molecule has 11 nitrogen and oxygen atoms in total. The minimum Gasteiger partial charge on any atom is -0.476 e. The standard InChI is InChI=1S/C28H28FN7O4S/c29-20-12-17(13-30)4-5-18(20)16-40-23-3-1-2-21(32-23)28(31)7-9-35(10-8-28)15-22-33-24-26(41-25(34-24)27(37)38)36(22)14-19-6-11-39-19/h1-5,12,19H,6-11,14-16,31H2,(H,37,38)/t19-/m0/s1. The van der Waals surface area contributed by atoms with Gasteiger partial charge in [0.1, 0.15) is 23.1 Å². The van der Waals surface area contributed by atoms with Crippen LogP contribution in [0.2, 0.25) is 0 Å². The number of aromatic nitrogens is 4. The van der Waals surface area contributed by atoms with Crippen molar-refractivity contribution in [2.75, 3.05) is 19.7 Å². The average Bonchev–Trinajstić information content (AvgIpc) is 3.50. The SMILES string of the molecule is N#Cc1ccc(COc2cccc(C3(N)CCN(Cc4nc5nc(C(=O)O)sc5n4C[C@@H]4CCO4)CC3)n2)c(F)c1. The summed E-state index contributed by atoms with van der Waals surface area (Å²) in [6, 6.07) is 11.6. The predicted octanol–water partition coefficient (Wildman–Crippen LogP) is 3.41. The Morgan fingerprint density at radius 1 is 1.27 bits per heavy atom. The average molecular weight is 578 g/mol. The van der Waals surface area contributed by atoms with Gasteiger partial charge >= 0.3 is 5.97 Å². The molecule has 2 aliphatic heterocycles. The van der Waals surface area contributed by atoms with Gasteiger partial charge in [-0.2, -0.15) is 5.26 Å². The van der Waals surface area contributed by atoms with Gasteiger partial charge in [0.2, 0.25) is 10.9 Å². The first-order valence-electron chi connectivity index (χ1n) is 13.3. The van der Waals surface area contributed by atoms with Crippen LogP contribution in [0.3, 0.4) is 0 Å². The van der Waals surface area contributed by atoms with Crippen LogP contribution in [0.15, 0.2) is 36.4 Å². The molecule has 13 heteroatoms. The molecule has 2 aliphatic rings. The van der Waals surface area contributed by atoms with E-state index in [1.54, 1.807) is 12.1 Å². The second-order valence-electron chi connectivity index (χ2n) is 10.4. The number of fused-ring (bicyclic) bond motifs is 1. The Balaban J connectivity index is 1.11. The fourth-order valence-corrected chi connectivity index (χ4v) is 5.98. The van der Waals surface area contributed by atoms with Crippen molar-refractivity contribution in [2.45, 2.75) is 50.6 Å². The van der Waals surface area contributed by atoms with E-state index in [1.165, 1.54) is 12.1 Å². The summed E-state index contributed by atoms with van der Waals surface area (Å²) in [5.41, 5.74) is 7.95. The Bertz CT molecular complexity index is 1640. The van der Waals surface area contributed by atoms with Gasteiger partial charge in [0.15, 0.2) is 5.65 Å². The lowest BCUT2D eigenvalue weighted by Gasteiger charge is -2.38. The molecule has 212 valence electrons. The summed E-state index contributed by atoms with van der Waals surface area (Å²) in [4.78, 5) is 28.0. The van der Waals surface area contributed by atoms with Crippen LogP contribution in [-0.2, 0) is 30.0 Å². The molecule has 0 spiro atoms. The third-order valence-electron chi connectivity index (χ3n) is 7.65. The number of hydrogen-bond donors (Lipinski definition) is 2. The highest BCUT2D eigenvalue weighted by atomic mass is 32.1. The Morgan fingerprint density at radius 3 is 2.76 bits per heavy atom. The Labute approximate surface area is 239 Å². The minimum absolute atomic E-state index is 0.0157. The van der Waals surface area contributed by atoms with E-state index in [0.29, 0.717) is 61.8 Å². The normalized spacial score (nSPS) is 18.6. The molecule has 0 aliphatic carbocycles. The maximum Gasteiger partial charge on any atom is 0.365 e. The second kappa shape index (κ2) is 11.1. The highest BCUT2D eigenvalue weighted by Gasteiger charge is 2.35. The molecule has 4 aromatic rings. The molecule has 0 bridgehead atoms. The van der Waals surface area contributed by atoms with Crippen molar-refractivity contribution in [3.8, 4) is 11.9 Å². The summed E-state index contributed by atoms with van der Waals surface area (Å²) in [5, 5.41) is 18.3. The number of nitrogens with two attached hydrogens (primary N) is 1. The van der Waals surface area contributed by atoms with Gasteiger partial charge in [0, 0.05) is 31.3 Å². The van der Waals surface area contributed by atoms with Crippen LogP contribution >= 0.6 is 11.3 Å². The lowest BCUT2D eigenvalue weighted by Crippen LogP contribution is -2.48. The Hall–Kier alpha value is -3.96. The van der Waals surface area contributed by atoms with Crippen LogP contribution in [0.1, 0.15) is 51.7 Å². The van der Waals surface area contributed by atoms with E-state index < -0.39 is 17.3 Å². The number of carboxylic acid groups (broad SMARTS) is 1. The molecule has 0 saturated carbocycles. The highest BCUT2D eigenvalue weighted by Crippen LogP contribution is 2.32. The van der Waals surface area contributed by atoms with E-state index >= 15 is 0 Å². The Morgan fingerprint density at radius 2 is 2.07 bits per heavy atom.